The maximum atomic E-state index is 13.1. The molecule has 1 aromatic carbocycles. The molecular formula is C43H68INO4. The van der Waals surface area contributed by atoms with E-state index in [1.165, 1.54) is 49.7 Å². The number of allylic oxidation sites excluding steroid dienone is 6. The van der Waals surface area contributed by atoms with Gasteiger partial charge in [-0.2, -0.15) is 0 Å². The lowest BCUT2D eigenvalue weighted by atomic mass is 10.0. The molecule has 2 aliphatic rings. The van der Waals surface area contributed by atoms with E-state index in [9.17, 15) is 4.79 Å². The van der Waals surface area contributed by atoms with Gasteiger partial charge in [0.15, 0.2) is 0 Å². The summed E-state index contributed by atoms with van der Waals surface area (Å²) in [7, 11) is 2.08. The molecule has 0 bridgehead atoms. The highest BCUT2D eigenvalue weighted by atomic mass is 127. The van der Waals surface area contributed by atoms with Crippen molar-refractivity contribution in [2.24, 2.45) is 0 Å². The van der Waals surface area contributed by atoms with Crippen LogP contribution < -0.4 is 0 Å². The molecule has 6 heteroatoms. The lowest BCUT2D eigenvalue weighted by molar-refractivity contribution is -0.149. The number of ether oxygens (including phenoxy) is 3. The van der Waals surface area contributed by atoms with Gasteiger partial charge in [-0.15, -0.1) is 24.0 Å². The average Bonchev–Trinajstić information content (AvgIpc) is 3.53. The molecule has 0 amide bonds. The highest BCUT2D eigenvalue weighted by Crippen LogP contribution is 2.18. The first kappa shape index (κ1) is 44.9. The molecule has 0 saturated heterocycles. The molecule has 0 aliphatic heterocycles. The van der Waals surface area contributed by atoms with E-state index in [-0.39, 0.29) is 42.1 Å². The lowest BCUT2D eigenvalue weighted by Crippen LogP contribution is -2.42. The fourth-order valence-electron chi connectivity index (χ4n) is 5.85. The zero-order valence-corrected chi connectivity index (χ0v) is 33.6. The van der Waals surface area contributed by atoms with Gasteiger partial charge < -0.3 is 14.2 Å². The predicted octanol–water partition coefficient (Wildman–Crippen LogP) is 11.5. The van der Waals surface area contributed by atoms with Crippen LogP contribution in [0.3, 0.4) is 0 Å². The summed E-state index contributed by atoms with van der Waals surface area (Å²) in [6.07, 6.45) is 35.0. The van der Waals surface area contributed by atoms with Gasteiger partial charge in [-0.05, 0) is 81.8 Å². The van der Waals surface area contributed by atoms with E-state index in [1.54, 1.807) is 0 Å². The molecule has 3 rings (SSSR count). The second-order valence-electron chi connectivity index (χ2n) is 12.8. The van der Waals surface area contributed by atoms with Crippen LogP contribution in [0.4, 0.5) is 0 Å². The zero-order chi connectivity index (χ0) is 34.5. The van der Waals surface area contributed by atoms with Crippen LogP contribution in [0, 0.1) is 0 Å². The van der Waals surface area contributed by atoms with Crippen LogP contribution in [0.5, 0.6) is 0 Å². The number of nitrogens with zero attached hydrogens (tertiary/aromatic N) is 1. The molecule has 0 aromatic heterocycles. The summed E-state index contributed by atoms with van der Waals surface area (Å²) in [6.45, 7) is 9.08. The van der Waals surface area contributed by atoms with Crippen molar-refractivity contribution in [2.75, 3.05) is 33.4 Å². The summed E-state index contributed by atoms with van der Waals surface area (Å²) in [5.74, 6) is 0.883. The van der Waals surface area contributed by atoms with Crippen LogP contribution in [0.15, 0.2) is 90.3 Å². The van der Waals surface area contributed by atoms with Gasteiger partial charge in [-0.25, -0.2) is 0 Å². The first-order valence-electron chi connectivity index (χ1n) is 19.2. The van der Waals surface area contributed by atoms with Crippen molar-refractivity contribution in [3.63, 3.8) is 0 Å². The molecular weight excluding hydrogens is 721 g/mol. The SMILES string of the molecule is CC.CCCCCCCCN(C)[C@@H](Cc1ccccc1)C(=O)OCCCCCCCCOC1=CCCC(OCC2=CC=CCC=C2)C=C1.I. The van der Waals surface area contributed by atoms with Gasteiger partial charge >= 0.3 is 5.97 Å². The number of carbonyl (C=O) groups excluding carboxylic acids is 1. The maximum absolute atomic E-state index is 13.1. The first-order chi connectivity index (χ1) is 23.7. The smallest absolute Gasteiger partial charge is 0.323 e. The molecule has 0 heterocycles. The van der Waals surface area contributed by atoms with Crippen LogP contribution in [-0.2, 0) is 25.4 Å². The number of halogens is 1. The van der Waals surface area contributed by atoms with Gasteiger partial charge in [0.25, 0.3) is 0 Å². The van der Waals surface area contributed by atoms with Crippen molar-refractivity contribution in [3.05, 3.63) is 95.8 Å². The van der Waals surface area contributed by atoms with E-state index in [1.807, 2.05) is 32.0 Å². The van der Waals surface area contributed by atoms with E-state index in [2.05, 4.69) is 79.6 Å². The second-order valence-corrected chi connectivity index (χ2v) is 12.8. The monoisotopic (exact) mass is 789 g/mol. The Kier molecular flexibility index (Phi) is 28.1. The van der Waals surface area contributed by atoms with Gasteiger partial charge in [-0.1, -0.05) is 145 Å². The minimum atomic E-state index is -0.228. The second kappa shape index (κ2) is 30.6. The first-order valence-corrected chi connectivity index (χ1v) is 19.2. The van der Waals surface area contributed by atoms with E-state index >= 15 is 0 Å². The number of unbranched alkanes of at least 4 members (excludes halogenated alkanes) is 10. The largest absolute Gasteiger partial charge is 0.494 e. The van der Waals surface area contributed by atoms with E-state index in [0.29, 0.717) is 19.6 Å². The number of esters is 1. The summed E-state index contributed by atoms with van der Waals surface area (Å²) in [6, 6.07) is 10.1. The molecule has 276 valence electrons. The molecule has 1 aromatic rings. The van der Waals surface area contributed by atoms with Gasteiger partial charge in [0.1, 0.15) is 11.8 Å². The Bertz CT molecular complexity index is 1110. The molecule has 0 spiro atoms. The summed E-state index contributed by atoms with van der Waals surface area (Å²) < 4.78 is 18.0. The molecule has 49 heavy (non-hydrogen) atoms. The Balaban J connectivity index is 0.00000393. The minimum absolute atomic E-state index is 0. The third-order valence-corrected chi connectivity index (χ3v) is 8.78. The molecule has 0 fully saturated rings. The molecule has 0 saturated carbocycles. The van der Waals surface area contributed by atoms with Crippen molar-refractivity contribution in [1.29, 1.82) is 0 Å². The highest BCUT2D eigenvalue weighted by Gasteiger charge is 2.25. The Morgan fingerprint density at radius 3 is 2.33 bits per heavy atom. The Morgan fingerprint density at radius 1 is 0.878 bits per heavy atom. The van der Waals surface area contributed by atoms with E-state index in [0.717, 1.165) is 76.7 Å². The van der Waals surface area contributed by atoms with Crippen molar-refractivity contribution < 1.29 is 19.0 Å². The molecule has 2 aliphatic carbocycles. The zero-order valence-electron chi connectivity index (χ0n) is 31.3. The van der Waals surface area contributed by atoms with Crippen LogP contribution in [0.2, 0.25) is 0 Å². The Hall–Kier alpha value is -2.16. The third kappa shape index (κ3) is 21.6. The topological polar surface area (TPSA) is 48.0 Å². The van der Waals surface area contributed by atoms with E-state index in [4.69, 9.17) is 14.2 Å². The van der Waals surface area contributed by atoms with Gasteiger partial charge in [0.2, 0.25) is 0 Å². The fourth-order valence-corrected chi connectivity index (χ4v) is 5.85. The summed E-state index contributed by atoms with van der Waals surface area (Å²) in [4.78, 5) is 15.4. The van der Waals surface area contributed by atoms with Crippen LogP contribution in [0.1, 0.15) is 123 Å². The van der Waals surface area contributed by atoms with Crippen LogP contribution in [-0.4, -0.2) is 56.4 Å². The lowest BCUT2D eigenvalue weighted by Gasteiger charge is -2.26. The van der Waals surface area contributed by atoms with Crippen molar-refractivity contribution in [1.82, 2.24) is 4.90 Å². The van der Waals surface area contributed by atoms with Gasteiger partial charge in [-0.3, -0.25) is 9.69 Å². The molecule has 0 radical (unpaired) electrons. The number of hydrogen-bond acceptors (Lipinski definition) is 5. The summed E-state index contributed by atoms with van der Waals surface area (Å²) in [5.41, 5.74) is 2.40. The summed E-state index contributed by atoms with van der Waals surface area (Å²) in [5, 5.41) is 0. The Labute approximate surface area is 317 Å². The average molecular weight is 790 g/mol. The number of carbonyl (C=O) groups is 1. The summed E-state index contributed by atoms with van der Waals surface area (Å²) >= 11 is 0. The van der Waals surface area contributed by atoms with E-state index < -0.39 is 0 Å². The maximum Gasteiger partial charge on any atom is 0.323 e. The van der Waals surface area contributed by atoms with Crippen molar-refractivity contribution >= 4 is 29.9 Å². The van der Waals surface area contributed by atoms with Crippen LogP contribution >= 0.6 is 24.0 Å². The van der Waals surface area contributed by atoms with Crippen LogP contribution in [0.25, 0.3) is 0 Å². The van der Waals surface area contributed by atoms with Gasteiger partial charge in [0.05, 0.1) is 25.9 Å². The Morgan fingerprint density at radius 2 is 1.57 bits per heavy atom. The number of likely N-dealkylation sites (N-methyl/N-ethyl adjacent to an activating group) is 1. The fraction of sp³-hybridized carbons (Fsp3) is 0.605. The predicted molar refractivity (Wildman–Crippen MR) is 218 cm³/mol. The normalized spacial score (nSPS) is 16.0. The molecule has 5 nitrogen and oxygen atoms in total. The third-order valence-electron chi connectivity index (χ3n) is 8.78. The standard InChI is InChI=1S/C41H61NO4.C2H6.HI/c1-3-4-5-6-11-19-31-42(2)40(34-36-23-17-14-18-24-36)41(43)45-33-21-13-8-7-12-20-32-44-38-27-22-28-39(30-29-38)46-35-37-25-15-9-10-16-26-37;1-2;/h9,14-18,23-27,29-30,39-40H,3-8,10-13,19-22,28,31-35H2,1-2H3;1-2H3;1H/t39?,40-;;/m0../s1. The molecule has 0 N–H and O–H groups in total. The number of hydrogen-bond donors (Lipinski definition) is 0. The number of benzene rings is 1. The molecule has 1 unspecified atom stereocenters. The van der Waals surface area contributed by atoms with Gasteiger partial charge in [0, 0.05) is 0 Å². The quantitative estimate of drug-likeness (QED) is 0.0593. The van der Waals surface area contributed by atoms with Crippen molar-refractivity contribution in [2.45, 2.75) is 136 Å². The molecule has 2 atom stereocenters. The minimum Gasteiger partial charge on any atom is -0.494 e. The number of rotatable bonds is 24. The van der Waals surface area contributed by atoms with Crippen molar-refractivity contribution in [3.8, 4) is 0 Å². The highest BCUT2D eigenvalue weighted by molar-refractivity contribution is 14.0.